The van der Waals surface area contributed by atoms with Crippen LogP contribution >= 0.6 is 0 Å². The van der Waals surface area contributed by atoms with Gasteiger partial charge in [0.25, 0.3) is 0 Å². The molecule has 0 spiro atoms. The molecule has 1 fully saturated rings. The van der Waals surface area contributed by atoms with Crippen molar-refractivity contribution < 1.29 is 19.1 Å². The minimum atomic E-state index is -0.651. The number of ether oxygens (including phenoxy) is 2. The highest BCUT2D eigenvalue weighted by Gasteiger charge is 2.19. The lowest BCUT2D eigenvalue weighted by molar-refractivity contribution is -0.139. The first-order valence-electron chi connectivity index (χ1n) is 9.94. The molecular weight excluding hydrogens is 370 g/mol. The van der Waals surface area contributed by atoms with Gasteiger partial charge in [-0.25, -0.2) is 0 Å². The third-order valence-corrected chi connectivity index (χ3v) is 4.93. The van der Waals surface area contributed by atoms with Crippen LogP contribution < -0.4 is 20.1 Å². The second-order valence-corrected chi connectivity index (χ2v) is 7.05. The van der Waals surface area contributed by atoms with E-state index in [-0.39, 0.29) is 12.6 Å². The average molecular weight is 397 g/mol. The zero-order valence-corrected chi connectivity index (χ0v) is 16.6. The number of carbonyl (C=O) groups is 2. The molecule has 1 aromatic heterocycles. The van der Waals surface area contributed by atoms with Gasteiger partial charge in [0.05, 0.1) is 13.2 Å². The number of pyridine rings is 1. The molecule has 29 heavy (non-hydrogen) atoms. The number of carbonyl (C=O) groups excluding carboxylic acids is 2. The van der Waals surface area contributed by atoms with Crippen molar-refractivity contribution in [2.75, 3.05) is 13.7 Å². The molecule has 1 saturated carbocycles. The summed E-state index contributed by atoms with van der Waals surface area (Å²) in [5.41, 5.74) is 1.89. The maximum Gasteiger partial charge on any atom is 0.309 e. The van der Waals surface area contributed by atoms with Crippen LogP contribution in [0.15, 0.2) is 42.7 Å². The number of benzene rings is 1. The normalized spacial score (nSPS) is 13.7. The Hall–Kier alpha value is -3.09. The molecule has 1 aliphatic carbocycles. The summed E-state index contributed by atoms with van der Waals surface area (Å²) in [5.74, 6) is 0.148. The summed E-state index contributed by atoms with van der Waals surface area (Å²) in [6.07, 6.45) is 8.64. The van der Waals surface area contributed by atoms with Crippen LogP contribution in [0.1, 0.15) is 36.8 Å². The fourth-order valence-electron chi connectivity index (χ4n) is 3.32. The van der Waals surface area contributed by atoms with Gasteiger partial charge in [0, 0.05) is 25.5 Å². The average Bonchev–Trinajstić information content (AvgIpc) is 3.26. The summed E-state index contributed by atoms with van der Waals surface area (Å²) in [6.45, 7) is 0.645. The van der Waals surface area contributed by atoms with E-state index in [4.69, 9.17) is 9.47 Å². The second kappa shape index (κ2) is 10.5. The van der Waals surface area contributed by atoms with Crippen molar-refractivity contribution in [3.05, 3.63) is 53.9 Å². The molecule has 1 aliphatic rings. The fraction of sp³-hybridized carbons (Fsp3) is 0.409. The molecule has 0 bridgehead atoms. The lowest BCUT2D eigenvalue weighted by Crippen LogP contribution is -2.40. The van der Waals surface area contributed by atoms with E-state index in [1.165, 1.54) is 12.8 Å². The summed E-state index contributed by atoms with van der Waals surface area (Å²) < 4.78 is 11.5. The van der Waals surface area contributed by atoms with Gasteiger partial charge >= 0.3 is 11.8 Å². The number of aromatic nitrogens is 1. The highest BCUT2D eigenvalue weighted by Crippen LogP contribution is 2.32. The van der Waals surface area contributed by atoms with Gasteiger partial charge in [-0.15, -0.1) is 0 Å². The third kappa shape index (κ3) is 6.20. The molecule has 2 amide bonds. The topological polar surface area (TPSA) is 89.5 Å². The Bertz CT molecular complexity index is 820. The van der Waals surface area contributed by atoms with Crippen LogP contribution in [0, 0.1) is 0 Å². The number of amides is 2. The fourth-order valence-corrected chi connectivity index (χ4v) is 3.32. The van der Waals surface area contributed by atoms with Crippen molar-refractivity contribution in [3.8, 4) is 11.5 Å². The van der Waals surface area contributed by atoms with Crippen LogP contribution in [0.2, 0.25) is 0 Å². The van der Waals surface area contributed by atoms with Crippen LogP contribution in [0.5, 0.6) is 11.5 Å². The van der Waals surface area contributed by atoms with Gasteiger partial charge in [0.15, 0.2) is 11.5 Å². The number of hydrogen-bond acceptors (Lipinski definition) is 5. The first-order chi connectivity index (χ1) is 14.2. The van der Waals surface area contributed by atoms with Crippen LogP contribution in [-0.2, 0) is 22.6 Å². The molecule has 2 aromatic rings. The molecule has 1 heterocycles. The summed E-state index contributed by atoms with van der Waals surface area (Å²) in [5, 5.41) is 5.25. The summed E-state index contributed by atoms with van der Waals surface area (Å²) in [6, 6.07) is 9.34. The third-order valence-electron chi connectivity index (χ3n) is 4.93. The van der Waals surface area contributed by atoms with E-state index in [1.54, 1.807) is 31.6 Å². The van der Waals surface area contributed by atoms with Gasteiger partial charge in [-0.3, -0.25) is 14.6 Å². The van der Waals surface area contributed by atoms with Gasteiger partial charge < -0.3 is 20.1 Å². The maximum absolute atomic E-state index is 12.0. The Labute approximate surface area is 170 Å². The van der Waals surface area contributed by atoms with Crippen molar-refractivity contribution in [2.45, 2.75) is 44.8 Å². The largest absolute Gasteiger partial charge is 0.493 e. The summed E-state index contributed by atoms with van der Waals surface area (Å²) in [7, 11) is 1.63. The van der Waals surface area contributed by atoms with Gasteiger partial charge in [0.1, 0.15) is 0 Å². The Morgan fingerprint density at radius 3 is 2.45 bits per heavy atom. The Morgan fingerprint density at radius 1 is 1.00 bits per heavy atom. The van der Waals surface area contributed by atoms with Gasteiger partial charge in [0.2, 0.25) is 0 Å². The van der Waals surface area contributed by atoms with Crippen molar-refractivity contribution in [1.29, 1.82) is 0 Å². The minimum absolute atomic E-state index is 0.239. The van der Waals surface area contributed by atoms with Crippen LogP contribution in [0.4, 0.5) is 0 Å². The zero-order valence-electron chi connectivity index (χ0n) is 16.6. The van der Waals surface area contributed by atoms with Crippen molar-refractivity contribution in [2.24, 2.45) is 0 Å². The summed E-state index contributed by atoms with van der Waals surface area (Å²) >= 11 is 0. The summed E-state index contributed by atoms with van der Waals surface area (Å²) in [4.78, 5) is 27.8. The molecule has 0 radical (unpaired) electrons. The standard InChI is InChI=1S/C22H27N3O4/c1-28-19-7-6-16(14-20(19)29-18-4-2-3-5-18)10-13-24-21(26)22(27)25-15-17-8-11-23-12-9-17/h6-9,11-12,14,18H,2-5,10,13,15H2,1H3,(H,24,26)(H,25,27). The SMILES string of the molecule is COc1ccc(CCNC(=O)C(=O)NCc2ccncc2)cc1OC1CCCC1. The Balaban J connectivity index is 1.46. The van der Waals surface area contributed by atoms with E-state index in [0.29, 0.717) is 18.7 Å². The van der Waals surface area contributed by atoms with Gasteiger partial charge in [-0.1, -0.05) is 6.07 Å². The number of nitrogens with zero attached hydrogens (tertiary/aromatic N) is 1. The molecule has 0 saturated heterocycles. The van der Waals surface area contributed by atoms with E-state index in [1.807, 2.05) is 18.2 Å². The van der Waals surface area contributed by atoms with Crippen molar-refractivity contribution in [3.63, 3.8) is 0 Å². The van der Waals surface area contributed by atoms with Crippen LogP contribution in [0.25, 0.3) is 0 Å². The molecule has 154 valence electrons. The number of rotatable bonds is 8. The van der Waals surface area contributed by atoms with E-state index >= 15 is 0 Å². The molecule has 2 N–H and O–H groups in total. The Morgan fingerprint density at radius 2 is 1.72 bits per heavy atom. The monoisotopic (exact) mass is 397 g/mol. The number of hydrogen-bond donors (Lipinski definition) is 2. The Kier molecular flexibility index (Phi) is 7.44. The molecule has 7 heteroatoms. The quantitative estimate of drug-likeness (QED) is 0.668. The van der Waals surface area contributed by atoms with Gasteiger partial charge in [-0.2, -0.15) is 0 Å². The van der Waals surface area contributed by atoms with Gasteiger partial charge in [-0.05, 0) is 67.5 Å². The smallest absolute Gasteiger partial charge is 0.309 e. The maximum atomic E-state index is 12.0. The molecule has 7 nitrogen and oxygen atoms in total. The van der Waals surface area contributed by atoms with Crippen LogP contribution in [0.3, 0.4) is 0 Å². The van der Waals surface area contributed by atoms with Crippen molar-refractivity contribution in [1.82, 2.24) is 15.6 Å². The number of methoxy groups -OCH3 is 1. The van der Waals surface area contributed by atoms with E-state index in [2.05, 4.69) is 15.6 Å². The van der Waals surface area contributed by atoms with E-state index in [9.17, 15) is 9.59 Å². The highest BCUT2D eigenvalue weighted by atomic mass is 16.5. The molecule has 0 atom stereocenters. The van der Waals surface area contributed by atoms with E-state index < -0.39 is 11.8 Å². The predicted octanol–water partition coefficient (Wildman–Crippen LogP) is 2.39. The lowest BCUT2D eigenvalue weighted by atomic mass is 10.1. The molecule has 1 aromatic carbocycles. The minimum Gasteiger partial charge on any atom is -0.493 e. The number of nitrogens with one attached hydrogen (secondary N) is 2. The predicted molar refractivity (Wildman–Crippen MR) is 109 cm³/mol. The molecule has 0 unspecified atom stereocenters. The first-order valence-corrected chi connectivity index (χ1v) is 9.94. The molecule has 0 aliphatic heterocycles. The lowest BCUT2D eigenvalue weighted by Gasteiger charge is -2.17. The molecule has 3 rings (SSSR count). The molecular formula is C22H27N3O4. The highest BCUT2D eigenvalue weighted by molar-refractivity contribution is 6.35. The van der Waals surface area contributed by atoms with E-state index in [0.717, 1.165) is 29.7 Å². The van der Waals surface area contributed by atoms with Crippen LogP contribution in [-0.4, -0.2) is 36.6 Å². The second-order valence-electron chi connectivity index (χ2n) is 7.05. The first kappa shape index (κ1) is 20.6. The van der Waals surface area contributed by atoms with Crippen molar-refractivity contribution >= 4 is 11.8 Å². The zero-order chi connectivity index (χ0) is 20.5.